The second kappa shape index (κ2) is 5.06. The summed E-state index contributed by atoms with van der Waals surface area (Å²) in [5.74, 6) is 0.681. The summed E-state index contributed by atoms with van der Waals surface area (Å²) in [5, 5.41) is 3.46. The standard InChI is InChI=1S/C14H14BrN3/c15-12-3-1-10(2-4-12)11-5-13(6-11)18-14-7-16-9-17-8-14/h1-4,7-9,11,13,18H,5-6H2. The second-order valence-electron chi connectivity index (χ2n) is 4.69. The quantitative estimate of drug-likeness (QED) is 0.941. The molecule has 18 heavy (non-hydrogen) atoms. The lowest BCUT2D eigenvalue weighted by molar-refractivity contribution is 0.374. The van der Waals surface area contributed by atoms with E-state index in [1.807, 2.05) is 12.4 Å². The van der Waals surface area contributed by atoms with Gasteiger partial charge in [0, 0.05) is 10.5 Å². The summed E-state index contributed by atoms with van der Waals surface area (Å²) >= 11 is 3.46. The van der Waals surface area contributed by atoms with Crippen LogP contribution in [0.2, 0.25) is 0 Å². The Morgan fingerprint density at radius 2 is 1.72 bits per heavy atom. The molecule has 1 aromatic heterocycles. The predicted molar refractivity (Wildman–Crippen MR) is 75.6 cm³/mol. The number of hydrogen-bond donors (Lipinski definition) is 1. The monoisotopic (exact) mass is 303 g/mol. The number of aromatic nitrogens is 2. The normalized spacial score (nSPS) is 22.3. The molecule has 0 saturated heterocycles. The third-order valence-electron chi connectivity index (χ3n) is 3.41. The smallest absolute Gasteiger partial charge is 0.115 e. The molecule has 1 aliphatic carbocycles. The van der Waals surface area contributed by atoms with E-state index in [4.69, 9.17) is 0 Å². The minimum Gasteiger partial charge on any atom is -0.380 e. The van der Waals surface area contributed by atoms with Crippen molar-refractivity contribution in [1.82, 2.24) is 9.97 Å². The first-order valence-electron chi connectivity index (χ1n) is 6.08. The molecule has 1 saturated carbocycles. The molecule has 3 rings (SSSR count). The molecule has 1 aliphatic rings. The van der Waals surface area contributed by atoms with Crippen LogP contribution >= 0.6 is 15.9 Å². The molecule has 4 heteroatoms. The Hall–Kier alpha value is -1.42. The first kappa shape index (κ1) is 11.7. The third kappa shape index (κ3) is 2.53. The van der Waals surface area contributed by atoms with E-state index in [9.17, 15) is 0 Å². The molecule has 0 spiro atoms. The van der Waals surface area contributed by atoms with Crippen LogP contribution in [0.4, 0.5) is 5.69 Å². The Kier molecular flexibility index (Phi) is 3.28. The molecule has 0 atom stereocenters. The first-order valence-corrected chi connectivity index (χ1v) is 6.87. The second-order valence-corrected chi connectivity index (χ2v) is 5.60. The van der Waals surface area contributed by atoms with Crippen molar-refractivity contribution in [1.29, 1.82) is 0 Å². The Labute approximate surface area is 115 Å². The van der Waals surface area contributed by atoms with Gasteiger partial charge < -0.3 is 5.32 Å². The molecule has 0 unspecified atom stereocenters. The lowest BCUT2D eigenvalue weighted by atomic mass is 9.76. The fourth-order valence-electron chi connectivity index (χ4n) is 2.35. The summed E-state index contributed by atoms with van der Waals surface area (Å²) in [6, 6.07) is 9.18. The molecular weight excluding hydrogens is 290 g/mol. The fourth-order valence-corrected chi connectivity index (χ4v) is 2.62. The van der Waals surface area contributed by atoms with Gasteiger partial charge in [-0.1, -0.05) is 28.1 Å². The van der Waals surface area contributed by atoms with Crippen molar-refractivity contribution in [2.45, 2.75) is 24.8 Å². The van der Waals surface area contributed by atoms with Crippen molar-refractivity contribution in [3.63, 3.8) is 0 Å². The lowest BCUT2D eigenvalue weighted by Crippen LogP contribution is -2.34. The van der Waals surface area contributed by atoms with Crippen molar-refractivity contribution >= 4 is 21.6 Å². The van der Waals surface area contributed by atoms with Crippen molar-refractivity contribution in [3.05, 3.63) is 53.0 Å². The van der Waals surface area contributed by atoms with Crippen LogP contribution in [0.25, 0.3) is 0 Å². The van der Waals surface area contributed by atoms with Gasteiger partial charge in [0.1, 0.15) is 6.33 Å². The third-order valence-corrected chi connectivity index (χ3v) is 3.94. The van der Waals surface area contributed by atoms with Gasteiger partial charge in [-0.25, -0.2) is 9.97 Å². The summed E-state index contributed by atoms with van der Waals surface area (Å²) < 4.78 is 1.14. The van der Waals surface area contributed by atoms with Gasteiger partial charge >= 0.3 is 0 Å². The van der Waals surface area contributed by atoms with Crippen LogP contribution in [-0.2, 0) is 0 Å². The molecule has 1 N–H and O–H groups in total. The Balaban J connectivity index is 1.56. The molecule has 1 heterocycles. The van der Waals surface area contributed by atoms with E-state index < -0.39 is 0 Å². The topological polar surface area (TPSA) is 37.8 Å². The fraction of sp³-hybridized carbons (Fsp3) is 0.286. The molecule has 0 radical (unpaired) electrons. The number of nitrogens with one attached hydrogen (secondary N) is 1. The van der Waals surface area contributed by atoms with E-state index in [2.05, 4.69) is 55.5 Å². The Bertz CT molecular complexity index is 506. The number of nitrogens with zero attached hydrogens (tertiary/aromatic N) is 2. The maximum absolute atomic E-state index is 4.00. The summed E-state index contributed by atoms with van der Waals surface area (Å²) in [6.07, 6.45) is 7.55. The van der Waals surface area contributed by atoms with Crippen molar-refractivity contribution in [3.8, 4) is 0 Å². The summed E-state index contributed by atoms with van der Waals surface area (Å²) in [6.45, 7) is 0. The maximum atomic E-state index is 4.00. The van der Waals surface area contributed by atoms with Crippen molar-refractivity contribution in [2.75, 3.05) is 5.32 Å². The predicted octanol–water partition coefficient (Wildman–Crippen LogP) is 3.60. The van der Waals surface area contributed by atoms with Crippen LogP contribution in [0.1, 0.15) is 24.3 Å². The van der Waals surface area contributed by atoms with Crippen LogP contribution < -0.4 is 5.32 Å². The van der Waals surface area contributed by atoms with E-state index in [1.165, 1.54) is 18.4 Å². The maximum Gasteiger partial charge on any atom is 0.115 e. The minimum atomic E-state index is 0.546. The zero-order chi connectivity index (χ0) is 12.4. The molecule has 0 aliphatic heterocycles. The zero-order valence-corrected chi connectivity index (χ0v) is 11.5. The van der Waals surface area contributed by atoms with Gasteiger partial charge in [0.2, 0.25) is 0 Å². The highest BCUT2D eigenvalue weighted by Gasteiger charge is 2.30. The lowest BCUT2D eigenvalue weighted by Gasteiger charge is -2.36. The molecule has 1 aromatic carbocycles. The molecular formula is C14H14BrN3. The van der Waals surface area contributed by atoms with Crippen molar-refractivity contribution < 1.29 is 0 Å². The van der Waals surface area contributed by atoms with Gasteiger partial charge in [-0.3, -0.25) is 0 Å². The van der Waals surface area contributed by atoms with Crippen LogP contribution in [0.15, 0.2) is 47.5 Å². The molecule has 1 fully saturated rings. The van der Waals surface area contributed by atoms with E-state index in [0.717, 1.165) is 10.2 Å². The van der Waals surface area contributed by atoms with Crippen LogP contribution in [0.5, 0.6) is 0 Å². The minimum absolute atomic E-state index is 0.546. The SMILES string of the molecule is Brc1ccc(C2CC(Nc3cncnc3)C2)cc1. The first-order chi connectivity index (χ1) is 8.81. The average molecular weight is 304 g/mol. The highest BCUT2D eigenvalue weighted by molar-refractivity contribution is 9.10. The van der Waals surface area contributed by atoms with Gasteiger partial charge in [-0.2, -0.15) is 0 Å². The average Bonchev–Trinajstić information content (AvgIpc) is 2.36. The molecule has 2 aromatic rings. The van der Waals surface area contributed by atoms with Gasteiger partial charge in [-0.05, 0) is 36.5 Å². The summed E-state index contributed by atoms with van der Waals surface area (Å²) in [7, 11) is 0. The largest absolute Gasteiger partial charge is 0.380 e. The van der Waals surface area contributed by atoms with Crippen LogP contribution in [-0.4, -0.2) is 16.0 Å². The van der Waals surface area contributed by atoms with Gasteiger partial charge in [-0.15, -0.1) is 0 Å². The van der Waals surface area contributed by atoms with Gasteiger partial charge in [0.05, 0.1) is 18.1 Å². The number of anilines is 1. The molecule has 3 nitrogen and oxygen atoms in total. The van der Waals surface area contributed by atoms with E-state index in [-0.39, 0.29) is 0 Å². The van der Waals surface area contributed by atoms with Crippen LogP contribution in [0.3, 0.4) is 0 Å². The van der Waals surface area contributed by atoms with E-state index in [1.54, 1.807) is 6.33 Å². The highest BCUT2D eigenvalue weighted by Crippen LogP contribution is 2.38. The highest BCUT2D eigenvalue weighted by atomic mass is 79.9. The molecule has 92 valence electrons. The van der Waals surface area contributed by atoms with Crippen molar-refractivity contribution in [2.24, 2.45) is 0 Å². The number of hydrogen-bond acceptors (Lipinski definition) is 3. The number of rotatable bonds is 3. The Morgan fingerprint density at radius 3 is 2.39 bits per heavy atom. The number of halogens is 1. The molecule has 0 bridgehead atoms. The number of benzene rings is 1. The van der Waals surface area contributed by atoms with E-state index >= 15 is 0 Å². The molecule has 0 amide bonds. The van der Waals surface area contributed by atoms with Gasteiger partial charge in [0.15, 0.2) is 0 Å². The van der Waals surface area contributed by atoms with Gasteiger partial charge in [0.25, 0.3) is 0 Å². The zero-order valence-electron chi connectivity index (χ0n) is 9.88. The summed E-state index contributed by atoms with van der Waals surface area (Å²) in [5.41, 5.74) is 2.44. The van der Waals surface area contributed by atoms with E-state index in [0.29, 0.717) is 12.0 Å². The summed E-state index contributed by atoms with van der Waals surface area (Å²) in [4.78, 5) is 8.01. The Morgan fingerprint density at radius 1 is 1.06 bits per heavy atom. The van der Waals surface area contributed by atoms with Crippen LogP contribution in [0, 0.1) is 0 Å².